The first kappa shape index (κ1) is 23.6. The summed E-state index contributed by atoms with van der Waals surface area (Å²) < 4.78 is 41.4. The van der Waals surface area contributed by atoms with Crippen LogP contribution >= 0.6 is 0 Å². The molecule has 1 aliphatic heterocycles. The Morgan fingerprint density at radius 2 is 1.83 bits per heavy atom. The fraction of sp³-hybridized carbons (Fsp3) is 0.222. The predicted octanol–water partition coefficient (Wildman–Crippen LogP) is 5.37. The number of benzene rings is 3. The molecule has 0 atom stereocenters. The normalized spacial score (nSPS) is 14.6. The lowest BCUT2D eigenvalue weighted by Gasteiger charge is -2.42. The summed E-state index contributed by atoms with van der Waals surface area (Å²) in [7, 11) is 1.34. The Labute approximate surface area is 204 Å². The number of aromatic hydroxyl groups is 2. The SMILES string of the molecule is CCC1(c2c(-c3ccc(C(=O)O)c(O)c3)c3c(O)cc(F)cc3n2-c2ccc(F)c(OC)c2)COC1. The number of phenolic OH excluding ortho intramolecular Hbond substituents is 1. The number of carbonyl (C=O) groups is 1. The number of carboxylic acids is 1. The molecule has 0 radical (unpaired) electrons. The first-order chi connectivity index (χ1) is 17.2. The molecule has 36 heavy (non-hydrogen) atoms. The van der Waals surface area contributed by atoms with Crippen molar-refractivity contribution in [2.45, 2.75) is 18.8 Å². The van der Waals surface area contributed by atoms with Gasteiger partial charge in [-0.3, -0.25) is 0 Å². The molecule has 7 nitrogen and oxygen atoms in total. The molecule has 3 N–H and O–H groups in total. The third kappa shape index (κ3) is 3.46. The molecule has 0 unspecified atom stereocenters. The molecular weight excluding hydrogens is 472 g/mol. The van der Waals surface area contributed by atoms with E-state index < -0.39 is 28.8 Å². The minimum atomic E-state index is -1.29. The quantitative estimate of drug-likeness (QED) is 0.332. The lowest BCUT2D eigenvalue weighted by molar-refractivity contribution is -0.0644. The van der Waals surface area contributed by atoms with Gasteiger partial charge in [0.25, 0.3) is 0 Å². The molecule has 0 aliphatic carbocycles. The summed E-state index contributed by atoms with van der Waals surface area (Å²) >= 11 is 0. The van der Waals surface area contributed by atoms with E-state index in [1.54, 1.807) is 4.57 Å². The summed E-state index contributed by atoms with van der Waals surface area (Å²) in [6.07, 6.45) is 0.622. The Hall–Kier alpha value is -4.11. The summed E-state index contributed by atoms with van der Waals surface area (Å²) in [5.74, 6) is -3.33. The highest BCUT2D eigenvalue weighted by Crippen LogP contribution is 2.50. The van der Waals surface area contributed by atoms with Gasteiger partial charge in [-0.1, -0.05) is 13.0 Å². The van der Waals surface area contributed by atoms with Gasteiger partial charge in [0.05, 0.1) is 36.6 Å². The maximum absolute atomic E-state index is 14.6. The van der Waals surface area contributed by atoms with Crippen LogP contribution < -0.4 is 4.74 Å². The average Bonchev–Trinajstić information content (AvgIpc) is 3.14. The van der Waals surface area contributed by atoms with Crippen molar-refractivity contribution in [1.82, 2.24) is 4.57 Å². The molecule has 5 rings (SSSR count). The van der Waals surface area contributed by atoms with Crippen LogP contribution in [0.4, 0.5) is 8.78 Å². The van der Waals surface area contributed by atoms with Gasteiger partial charge in [0.1, 0.15) is 22.9 Å². The minimum absolute atomic E-state index is 0.0126. The maximum atomic E-state index is 14.6. The third-order valence-corrected chi connectivity index (χ3v) is 6.86. The van der Waals surface area contributed by atoms with E-state index in [0.29, 0.717) is 53.0 Å². The number of carboxylic acid groups (broad SMARTS) is 1. The molecule has 3 aromatic carbocycles. The number of fused-ring (bicyclic) bond motifs is 1. The first-order valence-electron chi connectivity index (χ1n) is 11.3. The number of nitrogens with zero attached hydrogens (tertiary/aromatic N) is 1. The van der Waals surface area contributed by atoms with E-state index in [1.807, 2.05) is 6.92 Å². The fourth-order valence-electron chi connectivity index (χ4n) is 4.93. The summed E-state index contributed by atoms with van der Waals surface area (Å²) in [5.41, 5.74) is 1.52. The Morgan fingerprint density at radius 3 is 2.42 bits per heavy atom. The number of hydrogen-bond donors (Lipinski definition) is 3. The molecular formula is C27H23F2NO6. The molecule has 0 amide bonds. The lowest BCUT2D eigenvalue weighted by atomic mass is 9.76. The van der Waals surface area contributed by atoms with Crippen LogP contribution in [0.2, 0.25) is 0 Å². The number of methoxy groups -OCH3 is 1. The number of halogens is 2. The van der Waals surface area contributed by atoms with E-state index in [1.165, 1.54) is 49.6 Å². The summed E-state index contributed by atoms with van der Waals surface area (Å²) in [6.45, 7) is 2.66. The highest BCUT2D eigenvalue weighted by molar-refractivity contribution is 6.04. The monoisotopic (exact) mass is 495 g/mol. The van der Waals surface area contributed by atoms with Crippen LogP contribution in [0, 0.1) is 11.6 Å². The zero-order valence-electron chi connectivity index (χ0n) is 19.5. The Balaban J connectivity index is 1.95. The molecule has 0 bridgehead atoms. The predicted molar refractivity (Wildman–Crippen MR) is 128 cm³/mol. The van der Waals surface area contributed by atoms with Crippen molar-refractivity contribution in [2.75, 3.05) is 20.3 Å². The Morgan fingerprint density at radius 1 is 1.08 bits per heavy atom. The highest BCUT2D eigenvalue weighted by Gasteiger charge is 2.45. The van der Waals surface area contributed by atoms with Crippen molar-refractivity contribution < 1.29 is 38.4 Å². The molecule has 0 saturated carbocycles. The Kier molecular flexibility index (Phi) is 5.60. The molecule has 4 aromatic rings. The van der Waals surface area contributed by atoms with E-state index in [4.69, 9.17) is 9.47 Å². The van der Waals surface area contributed by atoms with Crippen LogP contribution in [0.5, 0.6) is 17.2 Å². The standard InChI is InChI=1S/C27H23F2NO6/c1-3-27(12-36-13-27)25-23(14-4-6-17(26(33)34)20(31)8-14)24-19(9-15(28)10-21(24)32)30(25)16-5-7-18(29)22(11-16)35-2/h4-11,31-32H,3,12-13H2,1-2H3,(H,33,34). The van der Waals surface area contributed by atoms with Gasteiger partial charge in [0.15, 0.2) is 11.6 Å². The van der Waals surface area contributed by atoms with Gasteiger partial charge in [-0.25, -0.2) is 13.6 Å². The summed E-state index contributed by atoms with van der Waals surface area (Å²) in [6, 6.07) is 10.6. The van der Waals surface area contributed by atoms with Crippen LogP contribution in [-0.2, 0) is 10.2 Å². The van der Waals surface area contributed by atoms with Gasteiger partial charge < -0.3 is 29.4 Å². The van der Waals surface area contributed by atoms with Crippen molar-refractivity contribution in [2.24, 2.45) is 0 Å². The third-order valence-electron chi connectivity index (χ3n) is 6.86. The van der Waals surface area contributed by atoms with E-state index in [9.17, 15) is 28.9 Å². The fourth-order valence-corrected chi connectivity index (χ4v) is 4.93. The molecule has 9 heteroatoms. The molecule has 0 spiro atoms. The van der Waals surface area contributed by atoms with Gasteiger partial charge in [-0.2, -0.15) is 0 Å². The molecule has 2 heterocycles. The first-order valence-corrected chi connectivity index (χ1v) is 11.3. The van der Waals surface area contributed by atoms with Crippen molar-refractivity contribution in [3.8, 4) is 34.1 Å². The number of aromatic carboxylic acids is 1. The lowest BCUT2D eigenvalue weighted by Crippen LogP contribution is -2.47. The van der Waals surface area contributed by atoms with Crippen molar-refractivity contribution >= 4 is 16.9 Å². The molecule has 1 aromatic heterocycles. The topological polar surface area (TPSA) is 101 Å². The van der Waals surface area contributed by atoms with Gasteiger partial charge in [-0.05, 0) is 42.3 Å². The maximum Gasteiger partial charge on any atom is 0.339 e. The molecule has 186 valence electrons. The Bertz CT molecular complexity index is 1520. The van der Waals surface area contributed by atoms with Crippen molar-refractivity contribution in [3.05, 3.63) is 71.4 Å². The summed E-state index contributed by atoms with van der Waals surface area (Å²) in [4.78, 5) is 11.5. The van der Waals surface area contributed by atoms with Crippen LogP contribution in [0.25, 0.3) is 27.7 Å². The number of hydrogen-bond acceptors (Lipinski definition) is 5. The van der Waals surface area contributed by atoms with Crippen LogP contribution in [0.3, 0.4) is 0 Å². The average molecular weight is 495 g/mol. The minimum Gasteiger partial charge on any atom is -0.507 e. The highest BCUT2D eigenvalue weighted by atomic mass is 19.1. The second-order valence-electron chi connectivity index (χ2n) is 8.86. The van der Waals surface area contributed by atoms with E-state index >= 15 is 0 Å². The molecule has 1 saturated heterocycles. The zero-order chi connectivity index (χ0) is 25.8. The number of aromatic nitrogens is 1. The van der Waals surface area contributed by atoms with Gasteiger partial charge in [-0.15, -0.1) is 0 Å². The van der Waals surface area contributed by atoms with E-state index in [0.717, 1.165) is 6.07 Å². The smallest absolute Gasteiger partial charge is 0.339 e. The summed E-state index contributed by atoms with van der Waals surface area (Å²) in [5, 5.41) is 31.1. The second-order valence-corrected chi connectivity index (χ2v) is 8.86. The van der Waals surface area contributed by atoms with Crippen LogP contribution in [0.1, 0.15) is 29.4 Å². The largest absolute Gasteiger partial charge is 0.507 e. The molecule has 1 fully saturated rings. The van der Waals surface area contributed by atoms with Crippen LogP contribution in [0.15, 0.2) is 48.5 Å². The van der Waals surface area contributed by atoms with Gasteiger partial charge >= 0.3 is 5.97 Å². The zero-order valence-corrected chi connectivity index (χ0v) is 19.5. The van der Waals surface area contributed by atoms with E-state index in [2.05, 4.69) is 0 Å². The van der Waals surface area contributed by atoms with Crippen molar-refractivity contribution in [1.29, 1.82) is 0 Å². The second kappa shape index (κ2) is 8.53. The number of phenols is 2. The van der Waals surface area contributed by atoms with Crippen LogP contribution in [-0.4, -0.2) is 46.2 Å². The number of ether oxygens (including phenoxy) is 2. The van der Waals surface area contributed by atoms with Gasteiger partial charge in [0.2, 0.25) is 0 Å². The van der Waals surface area contributed by atoms with E-state index in [-0.39, 0.29) is 17.1 Å². The van der Waals surface area contributed by atoms with Crippen molar-refractivity contribution in [3.63, 3.8) is 0 Å². The molecule has 1 aliphatic rings. The van der Waals surface area contributed by atoms with Gasteiger partial charge in [0, 0.05) is 29.1 Å². The number of rotatable bonds is 6.